The minimum Gasteiger partial charge on any atom is -0.372 e. The first-order chi connectivity index (χ1) is 10.5. The van der Waals surface area contributed by atoms with Crippen LogP contribution in [-0.4, -0.2) is 87.4 Å². The normalized spacial score (nSPS) is 22.7. The average Bonchev–Trinajstić information content (AvgIpc) is 2.86. The van der Waals surface area contributed by atoms with Gasteiger partial charge in [0.15, 0.2) is 0 Å². The Kier molecular flexibility index (Phi) is 5.77. The monoisotopic (exact) mass is 314 g/mol. The van der Waals surface area contributed by atoms with Gasteiger partial charge in [-0.05, 0) is 13.3 Å². The van der Waals surface area contributed by atoms with E-state index in [4.69, 9.17) is 14.2 Å². The predicted octanol–water partition coefficient (Wildman–Crippen LogP) is -0.255. The molecule has 2 aliphatic rings. The molecule has 0 aromatic rings. The number of likely N-dealkylation sites (N-methyl/N-ethyl adjacent to an activating group) is 1. The SMILES string of the molecule is CCOCC(=O)N1CC2(C1)OCCC2COCC(=O)N(C)C. The number of ether oxygens (including phenoxy) is 3. The van der Waals surface area contributed by atoms with Crippen molar-refractivity contribution >= 4 is 11.8 Å². The third-order valence-electron chi connectivity index (χ3n) is 4.34. The molecule has 0 saturated carbocycles. The smallest absolute Gasteiger partial charge is 0.248 e. The van der Waals surface area contributed by atoms with Gasteiger partial charge >= 0.3 is 0 Å². The number of carbonyl (C=O) groups is 2. The quantitative estimate of drug-likeness (QED) is 0.648. The summed E-state index contributed by atoms with van der Waals surface area (Å²) < 4.78 is 16.5. The highest BCUT2D eigenvalue weighted by Crippen LogP contribution is 2.40. The van der Waals surface area contributed by atoms with Crippen LogP contribution in [0.2, 0.25) is 0 Å². The standard InChI is InChI=1S/C15H26N2O5/c1-4-20-9-14(19)17-10-15(11-17)12(5-6-22-15)7-21-8-13(18)16(2)3/h12H,4-11H2,1-3H3. The van der Waals surface area contributed by atoms with Crippen molar-refractivity contribution in [3.8, 4) is 0 Å². The number of amides is 2. The first-order valence-corrected chi connectivity index (χ1v) is 7.76. The van der Waals surface area contributed by atoms with Crippen molar-refractivity contribution in [2.75, 3.05) is 60.2 Å². The van der Waals surface area contributed by atoms with E-state index >= 15 is 0 Å². The molecule has 0 bridgehead atoms. The third kappa shape index (κ3) is 3.77. The highest BCUT2D eigenvalue weighted by molar-refractivity contribution is 5.78. The molecule has 2 amide bonds. The highest BCUT2D eigenvalue weighted by atomic mass is 16.5. The molecule has 1 unspecified atom stereocenters. The van der Waals surface area contributed by atoms with Crippen LogP contribution in [0.15, 0.2) is 0 Å². The fourth-order valence-corrected chi connectivity index (χ4v) is 2.84. The van der Waals surface area contributed by atoms with Gasteiger partial charge in [-0.1, -0.05) is 0 Å². The second-order valence-corrected chi connectivity index (χ2v) is 6.09. The van der Waals surface area contributed by atoms with E-state index in [0.29, 0.717) is 32.9 Å². The van der Waals surface area contributed by atoms with Gasteiger partial charge in [0.25, 0.3) is 0 Å². The molecule has 0 aromatic heterocycles. The number of nitrogens with zero attached hydrogens (tertiary/aromatic N) is 2. The molecule has 0 aromatic carbocycles. The summed E-state index contributed by atoms with van der Waals surface area (Å²) in [4.78, 5) is 26.7. The van der Waals surface area contributed by atoms with Crippen LogP contribution in [0.3, 0.4) is 0 Å². The van der Waals surface area contributed by atoms with Gasteiger partial charge in [0.05, 0.1) is 19.7 Å². The fourth-order valence-electron chi connectivity index (χ4n) is 2.84. The van der Waals surface area contributed by atoms with Crippen LogP contribution in [0.1, 0.15) is 13.3 Å². The number of likely N-dealkylation sites (tertiary alicyclic amines) is 1. The van der Waals surface area contributed by atoms with E-state index in [9.17, 15) is 9.59 Å². The summed E-state index contributed by atoms with van der Waals surface area (Å²) in [5.74, 6) is 0.194. The van der Waals surface area contributed by atoms with Crippen molar-refractivity contribution in [3.05, 3.63) is 0 Å². The fraction of sp³-hybridized carbons (Fsp3) is 0.867. The van der Waals surface area contributed by atoms with Crippen LogP contribution in [0.5, 0.6) is 0 Å². The molecule has 0 aliphatic carbocycles. The van der Waals surface area contributed by atoms with E-state index in [1.54, 1.807) is 19.0 Å². The van der Waals surface area contributed by atoms with E-state index in [-0.39, 0.29) is 36.5 Å². The molecule has 7 heteroatoms. The van der Waals surface area contributed by atoms with Gasteiger partial charge in [-0.25, -0.2) is 0 Å². The summed E-state index contributed by atoms with van der Waals surface area (Å²) in [7, 11) is 3.42. The molecule has 2 aliphatic heterocycles. The molecular weight excluding hydrogens is 288 g/mol. The Morgan fingerprint density at radius 1 is 1.27 bits per heavy atom. The summed E-state index contributed by atoms with van der Waals surface area (Å²) in [5, 5.41) is 0. The molecule has 2 heterocycles. The molecule has 126 valence electrons. The third-order valence-corrected chi connectivity index (χ3v) is 4.34. The Balaban J connectivity index is 1.75. The van der Waals surface area contributed by atoms with Crippen LogP contribution in [0.4, 0.5) is 0 Å². The van der Waals surface area contributed by atoms with E-state index in [0.717, 1.165) is 6.42 Å². The van der Waals surface area contributed by atoms with Crippen molar-refractivity contribution < 1.29 is 23.8 Å². The van der Waals surface area contributed by atoms with Gasteiger partial charge in [0.2, 0.25) is 11.8 Å². The summed E-state index contributed by atoms with van der Waals surface area (Å²) in [6.07, 6.45) is 0.906. The second kappa shape index (κ2) is 7.39. The lowest BCUT2D eigenvalue weighted by Gasteiger charge is -2.50. The average molecular weight is 314 g/mol. The van der Waals surface area contributed by atoms with Gasteiger partial charge in [-0.3, -0.25) is 9.59 Å². The lowest BCUT2D eigenvalue weighted by Crippen LogP contribution is -2.67. The second-order valence-electron chi connectivity index (χ2n) is 6.09. The zero-order chi connectivity index (χ0) is 16.2. The minimum atomic E-state index is -0.289. The highest BCUT2D eigenvalue weighted by Gasteiger charge is 2.54. The first-order valence-electron chi connectivity index (χ1n) is 7.76. The van der Waals surface area contributed by atoms with Crippen molar-refractivity contribution in [1.82, 2.24) is 9.80 Å². The summed E-state index contributed by atoms with van der Waals surface area (Å²) in [5.41, 5.74) is -0.289. The van der Waals surface area contributed by atoms with Gasteiger partial charge < -0.3 is 24.0 Å². The van der Waals surface area contributed by atoms with Crippen molar-refractivity contribution in [1.29, 1.82) is 0 Å². The minimum absolute atomic E-state index is 0.00503. The van der Waals surface area contributed by atoms with Gasteiger partial charge in [-0.15, -0.1) is 0 Å². The molecular formula is C15H26N2O5. The largest absolute Gasteiger partial charge is 0.372 e. The molecule has 1 spiro atoms. The Hall–Kier alpha value is -1.18. The molecule has 22 heavy (non-hydrogen) atoms. The molecule has 2 fully saturated rings. The van der Waals surface area contributed by atoms with Crippen molar-refractivity contribution in [3.63, 3.8) is 0 Å². The van der Waals surface area contributed by atoms with E-state index < -0.39 is 0 Å². The number of hydrogen-bond donors (Lipinski definition) is 0. The number of carbonyl (C=O) groups excluding carboxylic acids is 2. The van der Waals surface area contributed by atoms with Crippen LogP contribution in [0, 0.1) is 5.92 Å². The summed E-state index contributed by atoms with van der Waals surface area (Å²) in [6.45, 7) is 4.99. The van der Waals surface area contributed by atoms with E-state index in [2.05, 4.69) is 0 Å². The summed E-state index contributed by atoms with van der Waals surface area (Å²) >= 11 is 0. The lowest BCUT2D eigenvalue weighted by atomic mass is 9.81. The predicted molar refractivity (Wildman–Crippen MR) is 79.4 cm³/mol. The number of hydrogen-bond acceptors (Lipinski definition) is 5. The molecule has 0 N–H and O–H groups in total. The molecule has 7 nitrogen and oxygen atoms in total. The Labute approximate surface area is 131 Å². The first kappa shape index (κ1) is 17.2. The lowest BCUT2D eigenvalue weighted by molar-refractivity contribution is -0.172. The summed E-state index contributed by atoms with van der Waals surface area (Å²) in [6, 6.07) is 0. The van der Waals surface area contributed by atoms with E-state index in [1.807, 2.05) is 6.92 Å². The van der Waals surface area contributed by atoms with E-state index in [1.165, 1.54) is 4.90 Å². The maximum atomic E-state index is 11.9. The van der Waals surface area contributed by atoms with Gasteiger partial charge in [0, 0.05) is 33.2 Å². The van der Waals surface area contributed by atoms with Gasteiger partial charge in [-0.2, -0.15) is 0 Å². The molecule has 1 atom stereocenters. The maximum absolute atomic E-state index is 11.9. The van der Waals surface area contributed by atoms with Crippen LogP contribution in [0.25, 0.3) is 0 Å². The Morgan fingerprint density at radius 2 is 2.00 bits per heavy atom. The van der Waals surface area contributed by atoms with Crippen LogP contribution < -0.4 is 0 Å². The Morgan fingerprint density at radius 3 is 2.64 bits per heavy atom. The molecule has 2 saturated heterocycles. The van der Waals surface area contributed by atoms with Crippen molar-refractivity contribution in [2.45, 2.75) is 18.9 Å². The number of rotatable bonds is 7. The molecule has 0 radical (unpaired) electrons. The maximum Gasteiger partial charge on any atom is 0.248 e. The zero-order valence-corrected chi connectivity index (χ0v) is 13.7. The zero-order valence-electron chi connectivity index (χ0n) is 13.7. The van der Waals surface area contributed by atoms with Crippen LogP contribution in [-0.2, 0) is 23.8 Å². The molecule has 2 rings (SSSR count). The van der Waals surface area contributed by atoms with Gasteiger partial charge in [0.1, 0.15) is 18.8 Å². The topological polar surface area (TPSA) is 68.3 Å². The van der Waals surface area contributed by atoms with Crippen molar-refractivity contribution in [2.24, 2.45) is 5.92 Å². The van der Waals surface area contributed by atoms with Crippen LogP contribution >= 0.6 is 0 Å². The Bertz CT molecular complexity index is 407.